The normalized spacial score (nSPS) is 26.0. The number of allylic oxidation sites excluding steroid dienone is 1. The summed E-state index contributed by atoms with van der Waals surface area (Å²) in [6, 6.07) is -0.971. The fraction of sp³-hybridized carbons (Fsp3) is 0.964. The summed E-state index contributed by atoms with van der Waals surface area (Å²) in [7, 11) is 0. The van der Waals surface area contributed by atoms with Gasteiger partial charge in [0.25, 0.3) is 0 Å². The third kappa shape index (κ3) is 44.8. The highest BCUT2D eigenvalue weighted by Gasteiger charge is 2.54. The molecule has 3 rings (SSSR count). The maximum Gasteiger partial charge on any atom is 0.220 e. The van der Waals surface area contributed by atoms with Crippen molar-refractivity contribution < 1.29 is 89.4 Å². The zero-order chi connectivity index (χ0) is 74.6. The van der Waals surface area contributed by atoms with Crippen LogP contribution in [0.1, 0.15) is 386 Å². The van der Waals surface area contributed by atoms with Crippen LogP contribution in [0, 0.1) is 0 Å². The van der Waals surface area contributed by atoms with Crippen molar-refractivity contribution in [2.45, 2.75) is 491 Å². The van der Waals surface area contributed by atoms with E-state index in [9.17, 15) is 61.0 Å². The molecule has 19 nitrogen and oxygen atoms in total. The molecule has 17 atom stereocenters. The number of nitrogens with one attached hydrogen (secondary N) is 1. The first kappa shape index (κ1) is 95.7. The molecule has 0 aromatic heterocycles. The second kappa shape index (κ2) is 65.3. The number of amides is 1. The Morgan fingerprint density at radius 3 is 0.913 bits per heavy atom. The second-order valence-corrected chi connectivity index (χ2v) is 31.4. The average Bonchev–Trinajstić information content (AvgIpc) is 0.781. The minimum atomic E-state index is -1.98. The number of hydrogen-bond acceptors (Lipinski definition) is 18. The number of hydrogen-bond donors (Lipinski definition) is 12. The summed E-state index contributed by atoms with van der Waals surface area (Å²) in [6.45, 7) is 1.82. The van der Waals surface area contributed by atoms with Crippen molar-refractivity contribution in [2.75, 3.05) is 26.4 Å². The van der Waals surface area contributed by atoms with E-state index in [2.05, 4.69) is 19.2 Å². The van der Waals surface area contributed by atoms with E-state index in [0.717, 1.165) is 44.9 Å². The van der Waals surface area contributed by atoms with Crippen molar-refractivity contribution in [3.05, 3.63) is 12.2 Å². The Labute approximate surface area is 626 Å². The number of aliphatic hydroxyl groups excluding tert-OH is 11. The topological polar surface area (TPSA) is 307 Å². The molecule has 0 aromatic carbocycles. The van der Waals surface area contributed by atoms with Crippen LogP contribution >= 0.6 is 0 Å². The molecule has 12 N–H and O–H groups in total. The molecular formula is C84H161NO18. The van der Waals surface area contributed by atoms with Gasteiger partial charge in [-0.15, -0.1) is 0 Å². The summed E-state index contributed by atoms with van der Waals surface area (Å²) in [4.78, 5) is 13.5. The third-order valence-electron chi connectivity index (χ3n) is 22.1. The molecule has 0 spiro atoms. The Kier molecular flexibility index (Phi) is 60.7. The average molecular weight is 1470 g/mol. The lowest BCUT2D eigenvalue weighted by atomic mass is 9.96. The largest absolute Gasteiger partial charge is 0.394 e. The molecule has 0 aromatic rings. The van der Waals surface area contributed by atoms with Gasteiger partial charge < -0.3 is 89.9 Å². The smallest absolute Gasteiger partial charge is 0.220 e. The maximum absolute atomic E-state index is 13.5. The Morgan fingerprint density at radius 1 is 0.340 bits per heavy atom. The van der Waals surface area contributed by atoms with Gasteiger partial charge in [-0.05, 0) is 19.3 Å². The Hall–Kier alpha value is -1.47. The lowest BCUT2D eigenvalue weighted by Gasteiger charge is -2.48. The summed E-state index contributed by atoms with van der Waals surface area (Å²) in [6.07, 6.45) is 52.2. The van der Waals surface area contributed by atoms with Crippen molar-refractivity contribution in [3.8, 4) is 0 Å². The summed E-state index contributed by atoms with van der Waals surface area (Å²) in [5.41, 5.74) is 0. The summed E-state index contributed by atoms with van der Waals surface area (Å²) in [5, 5.41) is 121. The van der Waals surface area contributed by atoms with Crippen molar-refractivity contribution in [2.24, 2.45) is 0 Å². The molecule has 1 amide bonds. The molecule has 0 radical (unpaired) electrons. The number of carbonyl (C=O) groups excluding carboxylic acids is 1. The first-order valence-electron chi connectivity index (χ1n) is 43.4. The van der Waals surface area contributed by atoms with Crippen LogP contribution in [0.4, 0.5) is 0 Å². The van der Waals surface area contributed by atoms with E-state index in [0.29, 0.717) is 6.42 Å². The Bertz CT molecular complexity index is 1910. The van der Waals surface area contributed by atoms with E-state index >= 15 is 0 Å². The predicted octanol–water partition coefficient (Wildman–Crippen LogP) is 15.5. The van der Waals surface area contributed by atoms with E-state index in [-0.39, 0.29) is 18.9 Å². The summed E-state index contributed by atoms with van der Waals surface area (Å²) in [5.74, 6) is -0.265. The van der Waals surface area contributed by atoms with E-state index < -0.39 is 124 Å². The van der Waals surface area contributed by atoms with Gasteiger partial charge in [0.2, 0.25) is 5.91 Å². The highest BCUT2D eigenvalue weighted by atomic mass is 16.8. The molecule has 3 heterocycles. The van der Waals surface area contributed by atoms with Crippen LogP contribution in [0.3, 0.4) is 0 Å². The fourth-order valence-corrected chi connectivity index (χ4v) is 15.1. The van der Waals surface area contributed by atoms with Crippen molar-refractivity contribution in [1.29, 1.82) is 0 Å². The molecule has 0 aliphatic carbocycles. The first-order valence-corrected chi connectivity index (χ1v) is 43.4. The highest BCUT2D eigenvalue weighted by Crippen LogP contribution is 2.34. The monoisotopic (exact) mass is 1470 g/mol. The highest BCUT2D eigenvalue weighted by molar-refractivity contribution is 5.76. The third-order valence-corrected chi connectivity index (χ3v) is 22.1. The van der Waals surface area contributed by atoms with Crippen molar-refractivity contribution in [1.82, 2.24) is 5.32 Å². The summed E-state index contributed by atoms with van der Waals surface area (Å²) < 4.78 is 34.5. The minimum Gasteiger partial charge on any atom is -0.394 e. The van der Waals surface area contributed by atoms with Crippen LogP contribution in [-0.2, 0) is 33.2 Å². The Morgan fingerprint density at radius 2 is 0.602 bits per heavy atom. The van der Waals surface area contributed by atoms with Gasteiger partial charge >= 0.3 is 0 Å². The van der Waals surface area contributed by atoms with Crippen LogP contribution < -0.4 is 5.32 Å². The van der Waals surface area contributed by atoms with Gasteiger partial charge in [0, 0.05) is 6.42 Å². The summed E-state index contributed by atoms with van der Waals surface area (Å²) >= 11 is 0. The van der Waals surface area contributed by atoms with Crippen LogP contribution in [0.15, 0.2) is 12.2 Å². The van der Waals surface area contributed by atoms with E-state index in [1.54, 1.807) is 6.08 Å². The molecule has 3 aliphatic heterocycles. The van der Waals surface area contributed by atoms with Crippen LogP contribution in [-0.4, -0.2) is 193 Å². The van der Waals surface area contributed by atoms with Gasteiger partial charge in [-0.25, -0.2) is 0 Å². The molecule has 3 aliphatic rings. The molecule has 17 unspecified atom stereocenters. The van der Waals surface area contributed by atoms with Gasteiger partial charge in [0.15, 0.2) is 18.9 Å². The van der Waals surface area contributed by atoms with Gasteiger partial charge in [-0.2, -0.15) is 0 Å². The molecule has 0 saturated carbocycles. The maximum atomic E-state index is 13.5. The number of aliphatic hydroxyl groups is 11. The van der Waals surface area contributed by atoms with Crippen LogP contribution in [0.25, 0.3) is 0 Å². The zero-order valence-corrected chi connectivity index (χ0v) is 65.6. The second-order valence-electron chi connectivity index (χ2n) is 31.4. The number of rotatable bonds is 71. The SMILES string of the molecule is CCCCCCCCCCCCCCCCCCCCCCCCCCCCCCCCC/C=C/C(O)C(COC1OC(CO)C(OC2OC(CO)C(OC3OC(CO)C(O)C(O)C3O)C(O)C2O)C(O)C1O)NC(=O)CCCCCCCCCCCCCCCCCCCCCCCCCCC. The number of unbranched alkanes of at least 4 members (excludes halogenated alkanes) is 55. The van der Waals surface area contributed by atoms with Crippen LogP contribution in [0.5, 0.6) is 0 Å². The molecule has 3 saturated heterocycles. The van der Waals surface area contributed by atoms with Gasteiger partial charge in [0.1, 0.15) is 73.2 Å². The zero-order valence-electron chi connectivity index (χ0n) is 65.6. The van der Waals surface area contributed by atoms with E-state index in [4.69, 9.17) is 28.4 Å². The molecule has 19 heteroatoms. The Balaban J connectivity index is 1.34. The minimum absolute atomic E-state index is 0.250. The van der Waals surface area contributed by atoms with E-state index in [1.165, 1.54) is 315 Å². The molecule has 610 valence electrons. The number of ether oxygens (including phenoxy) is 6. The molecular weight excluding hydrogens is 1310 g/mol. The molecule has 0 bridgehead atoms. The van der Waals surface area contributed by atoms with E-state index in [1.807, 2.05) is 6.08 Å². The molecule has 3 fully saturated rings. The van der Waals surface area contributed by atoms with Gasteiger partial charge in [-0.3, -0.25) is 4.79 Å². The first-order chi connectivity index (χ1) is 50.3. The fourth-order valence-electron chi connectivity index (χ4n) is 15.1. The standard InChI is InChI=1S/C84H161NO18/c1-3-5-7-9-11-13-15-17-19-21-23-25-27-29-30-31-32-33-34-35-36-38-39-41-43-45-47-49-51-53-55-57-59-61-68(89)67(85-72(90)62-60-58-56-54-52-50-48-46-44-42-40-37-28-26-24-22-20-18-16-14-12-10-8-6-4-2)66-98-82-78(96)75(93)80(70(64-87)100-82)103-84-79(97)76(94)81(71(65-88)101-84)102-83-77(95)74(92)73(91)69(63-86)99-83/h59,61,67-71,73-84,86-89,91-97H,3-58,60,62-66H2,1-2H3,(H,85,90)/b61-59+. The lowest BCUT2D eigenvalue weighted by molar-refractivity contribution is -0.379. The van der Waals surface area contributed by atoms with Crippen LogP contribution in [0.2, 0.25) is 0 Å². The van der Waals surface area contributed by atoms with Crippen molar-refractivity contribution in [3.63, 3.8) is 0 Å². The predicted molar refractivity (Wildman–Crippen MR) is 411 cm³/mol. The molecule has 103 heavy (non-hydrogen) atoms. The van der Waals surface area contributed by atoms with Gasteiger partial charge in [0.05, 0.1) is 38.6 Å². The van der Waals surface area contributed by atoms with Crippen molar-refractivity contribution >= 4 is 5.91 Å². The quantitative estimate of drug-likeness (QED) is 0.0199. The number of carbonyl (C=O) groups is 1. The lowest BCUT2D eigenvalue weighted by Crippen LogP contribution is -2.66. The van der Waals surface area contributed by atoms with Gasteiger partial charge in [-0.1, -0.05) is 373 Å².